The molecule has 0 atom stereocenters. The predicted octanol–water partition coefficient (Wildman–Crippen LogP) is 15.4. The molecule has 0 saturated heterocycles. The highest BCUT2D eigenvalue weighted by atomic mass is 16.3. The van der Waals surface area contributed by atoms with E-state index in [4.69, 9.17) is 4.42 Å². The number of fused-ring (bicyclic) bond motifs is 3. The number of nitrogens with zero attached hydrogens (tertiary/aromatic N) is 1. The number of anilines is 3. The maximum absolute atomic E-state index is 6.76. The van der Waals surface area contributed by atoms with Gasteiger partial charge in [0.05, 0.1) is 11.4 Å². The number of benzene rings is 9. The van der Waals surface area contributed by atoms with Gasteiger partial charge in [-0.3, -0.25) is 0 Å². The van der Waals surface area contributed by atoms with Crippen LogP contribution in [0.4, 0.5) is 17.1 Å². The molecule has 0 spiro atoms. The molecule has 0 amide bonds. The molecule has 264 valence electrons. The van der Waals surface area contributed by atoms with Crippen molar-refractivity contribution in [1.29, 1.82) is 0 Å². The van der Waals surface area contributed by atoms with Gasteiger partial charge in [-0.15, -0.1) is 0 Å². The normalized spacial score (nSPS) is 11.2. The topological polar surface area (TPSA) is 16.4 Å². The van der Waals surface area contributed by atoms with Gasteiger partial charge in [-0.2, -0.15) is 0 Å². The van der Waals surface area contributed by atoms with Crippen LogP contribution in [0.25, 0.3) is 77.6 Å². The average molecular weight is 716 g/mol. The molecule has 9 aromatic carbocycles. The van der Waals surface area contributed by atoms with Crippen LogP contribution >= 0.6 is 0 Å². The molecule has 2 nitrogen and oxygen atoms in total. The van der Waals surface area contributed by atoms with E-state index >= 15 is 0 Å². The Morgan fingerprint density at radius 1 is 0.286 bits per heavy atom. The monoisotopic (exact) mass is 715 g/mol. The third-order valence-corrected chi connectivity index (χ3v) is 10.7. The van der Waals surface area contributed by atoms with Crippen LogP contribution < -0.4 is 4.90 Å². The fourth-order valence-electron chi connectivity index (χ4n) is 8.04. The van der Waals surface area contributed by atoms with Crippen LogP contribution in [0.15, 0.2) is 229 Å². The summed E-state index contributed by atoms with van der Waals surface area (Å²) in [4.78, 5) is 2.39. The summed E-state index contributed by atoms with van der Waals surface area (Å²) in [6, 6.07) is 80.0. The lowest BCUT2D eigenvalue weighted by atomic mass is 9.87. The molecule has 0 radical (unpaired) electrons. The van der Waals surface area contributed by atoms with Gasteiger partial charge in [0.25, 0.3) is 0 Å². The van der Waals surface area contributed by atoms with Crippen LogP contribution in [-0.2, 0) is 0 Å². The van der Waals surface area contributed by atoms with E-state index in [1.807, 2.05) is 6.07 Å². The van der Waals surface area contributed by atoms with Gasteiger partial charge >= 0.3 is 0 Å². The summed E-state index contributed by atoms with van der Waals surface area (Å²) in [5.41, 5.74) is 16.5. The van der Waals surface area contributed by atoms with E-state index < -0.39 is 0 Å². The minimum absolute atomic E-state index is 0.849. The van der Waals surface area contributed by atoms with Crippen LogP contribution in [0, 0.1) is 0 Å². The van der Waals surface area contributed by atoms with Crippen molar-refractivity contribution < 1.29 is 4.42 Å². The van der Waals surface area contributed by atoms with Crippen molar-refractivity contribution >= 4 is 39.0 Å². The van der Waals surface area contributed by atoms with Crippen LogP contribution in [0.3, 0.4) is 0 Å². The predicted molar refractivity (Wildman–Crippen MR) is 236 cm³/mol. The van der Waals surface area contributed by atoms with E-state index in [-0.39, 0.29) is 0 Å². The highest BCUT2D eigenvalue weighted by Crippen LogP contribution is 2.50. The summed E-state index contributed by atoms with van der Waals surface area (Å²) < 4.78 is 6.76. The lowest BCUT2D eigenvalue weighted by molar-refractivity contribution is 0.669. The number of para-hydroxylation sites is 2. The number of furan rings is 1. The Morgan fingerprint density at radius 3 is 1.39 bits per heavy atom. The molecule has 0 aliphatic heterocycles. The van der Waals surface area contributed by atoms with Crippen LogP contribution in [0.1, 0.15) is 0 Å². The van der Waals surface area contributed by atoms with Crippen molar-refractivity contribution in [3.63, 3.8) is 0 Å². The van der Waals surface area contributed by atoms with E-state index in [1.54, 1.807) is 0 Å². The fourth-order valence-corrected chi connectivity index (χ4v) is 8.04. The van der Waals surface area contributed by atoms with Crippen LogP contribution in [0.5, 0.6) is 0 Å². The van der Waals surface area contributed by atoms with Crippen LogP contribution in [0.2, 0.25) is 0 Å². The van der Waals surface area contributed by atoms with Crippen molar-refractivity contribution in [3.05, 3.63) is 224 Å². The molecule has 1 aromatic heterocycles. The zero-order valence-corrected chi connectivity index (χ0v) is 30.7. The fraction of sp³-hybridized carbons (Fsp3) is 0. The van der Waals surface area contributed by atoms with E-state index in [0.29, 0.717) is 0 Å². The number of rotatable bonds is 8. The van der Waals surface area contributed by atoms with Gasteiger partial charge in [-0.25, -0.2) is 0 Å². The van der Waals surface area contributed by atoms with Crippen molar-refractivity contribution in [2.45, 2.75) is 0 Å². The minimum atomic E-state index is 0.849. The van der Waals surface area contributed by atoms with Crippen molar-refractivity contribution in [2.24, 2.45) is 0 Å². The smallest absolute Gasteiger partial charge is 0.159 e. The molecule has 0 bridgehead atoms. The second-order valence-corrected chi connectivity index (χ2v) is 14.1. The van der Waals surface area contributed by atoms with Gasteiger partial charge < -0.3 is 9.32 Å². The van der Waals surface area contributed by atoms with Crippen molar-refractivity contribution in [2.75, 3.05) is 4.90 Å². The zero-order chi connectivity index (χ0) is 37.3. The van der Waals surface area contributed by atoms with E-state index in [2.05, 4.69) is 223 Å². The minimum Gasteiger partial charge on any atom is -0.454 e. The third kappa shape index (κ3) is 6.04. The lowest BCUT2D eigenvalue weighted by Crippen LogP contribution is -2.12. The molecule has 56 heavy (non-hydrogen) atoms. The first-order valence-corrected chi connectivity index (χ1v) is 19.1. The standard InChI is InChI=1S/C54H37NO/c1-4-16-38(17-5-1)39-30-32-40(33-31-39)41-34-36-44(37-35-41)55(51-28-15-26-49-47-23-12-13-29-52(47)56-54(49)51)50-27-14-25-46(43-20-8-3-9-21-43)53(50)48-24-11-10-22-45(48)42-18-6-2-7-19-42/h1-37H. The van der Waals surface area contributed by atoms with Crippen LogP contribution in [-0.4, -0.2) is 0 Å². The summed E-state index contributed by atoms with van der Waals surface area (Å²) in [5.74, 6) is 0. The van der Waals surface area contributed by atoms with Gasteiger partial charge in [-0.05, 0) is 80.4 Å². The number of hydrogen-bond donors (Lipinski definition) is 0. The molecular formula is C54H37NO. The van der Waals surface area contributed by atoms with Crippen molar-refractivity contribution in [1.82, 2.24) is 0 Å². The average Bonchev–Trinajstić information content (AvgIpc) is 3.67. The second-order valence-electron chi connectivity index (χ2n) is 14.1. The molecule has 0 unspecified atom stereocenters. The summed E-state index contributed by atoms with van der Waals surface area (Å²) in [6.45, 7) is 0. The molecular weight excluding hydrogens is 679 g/mol. The Labute approximate surface area is 327 Å². The molecule has 0 aliphatic carbocycles. The molecule has 2 heteroatoms. The van der Waals surface area contributed by atoms with Gasteiger partial charge in [0.1, 0.15) is 5.58 Å². The number of hydrogen-bond acceptors (Lipinski definition) is 2. The SMILES string of the molecule is c1ccc(-c2ccc(-c3ccc(N(c4cccc(-c5ccccc5)c4-c4ccccc4-c4ccccc4)c4cccc5c4oc4ccccc45)cc3)cc2)cc1. The molecule has 1 heterocycles. The Hall–Kier alpha value is -7.42. The maximum atomic E-state index is 6.76. The van der Waals surface area contributed by atoms with Gasteiger partial charge in [0, 0.05) is 22.0 Å². The molecule has 10 aromatic rings. The molecule has 0 N–H and O–H groups in total. The highest BCUT2D eigenvalue weighted by Gasteiger charge is 2.25. The maximum Gasteiger partial charge on any atom is 0.159 e. The summed E-state index contributed by atoms with van der Waals surface area (Å²) >= 11 is 0. The summed E-state index contributed by atoms with van der Waals surface area (Å²) in [6.07, 6.45) is 0. The molecule has 0 aliphatic rings. The molecule has 0 saturated carbocycles. The first-order valence-electron chi connectivity index (χ1n) is 19.1. The van der Waals surface area contributed by atoms with Gasteiger partial charge in [0.15, 0.2) is 5.58 Å². The zero-order valence-electron chi connectivity index (χ0n) is 30.7. The summed E-state index contributed by atoms with van der Waals surface area (Å²) in [7, 11) is 0. The van der Waals surface area contributed by atoms with Gasteiger partial charge in [0.2, 0.25) is 0 Å². The Morgan fingerprint density at radius 2 is 0.732 bits per heavy atom. The van der Waals surface area contributed by atoms with E-state index in [9.17, 15) is 0 Å². The third-order valence-electron chi connectivity index (χ3n) is 10.7. The Bertz CT molecular complexity index is 2930. The first-order chi connectivity index (χ1) is 27.8. The highest BCUT2D eigenvalue weighted by molar-refractivity contribution is 6.11. The molecule has 10 rings (SSSR count). The molecule has 0 fully saturated rings. The van der Waals surface area contributed by atoms with Crippen molar-refractivity contribution in [3.8, 4) is 55.6 Å². The van der Waals surface area contributed by atoms with E-state index in [0.717, 1.165) is 66.8 Å². The quantitative estimate of drug-likeness (QED) is 0.156. The lowest BCUT2D eigenvalue weighted by Gasteiger charge is -2.30. The Kier molecular flexibility index (Phi) is 8.55. The van der Waals surface area contributed by atoms with Gasteiger partial charge in [-0.1, -0.05) is 194 Å². The van der Waals surface area contributed by atoms with E-state index in [1.165, 1.54) is 27.8 Å². The first kappa shape index (κ1) is 33.2. The largest absolute Gasteiger partial charge is 0.454 e. The Balaban J connectivity index is 1.20. The summed E-state index contributed by atoms with van der Waals surface area (Å²) in [5, 5.41) is 2.19. The second kappa shape index (κ2) is 14.4.